The maximum Gasteiger partial charge on any atom is 0.236 e. The molecule has 2 fully saturated rings. The highest BCUT2D eigenvalue weighted by Crippen LogP contribution is 2.16. The lowest BCUT2D eigenvalue weighted by molar-refractivity contribution is -0.136. The SMILES string of the molecule is C=CCNC(=O)CN1CCN(CC(=O)N2CCCCC2C)CC1. The Bertz CT molecular complexity index is 419. The normalized spacial score (nSPS) is 23.5. The molecule has 2 amide bonds. The minimum atomic E-state index is 0.0385. The second-order valence-electron chi connectivity index (χ2n) is 6.58. The lowest BCUT2D eigenvalue weighted by atomic mass is 10.0. The Morgan fingerprint density at radius 3 is 2.35 bits per heavy atom. The third-order valence-electron chi connectivity index (χ3n) is 4.76. The van der Waals surface area contributed by atoms with Crippen molar-refractivity contribution in [2.75, 3.05) is 52.4 Å². The summed E-state index contributed by atoms with van der Waals surface area (Å²) in [5.41, 5.74) is 0. The molecule has 0 aromatic rings. The van der Waals surface area contributed by atoms with E-state index in [1.807, 2.05) is 4.90 Å². The number of rotatable bonds is 6. The van der Waals surface area contributed by atoms with Gasteiger partial charge in [-0.3, -0.25) is 19.4 Å². The third kappa shape index (κ3) is 5.62. The van der Waals surface area contributed by atoms with Gasteiger partial charge in [-0.25, -0.2) is 0 Å². The van der Waals surface area contributed by atoms with Gasteiger partial charge in [0.05, 0.1) is 13.1 Å². The van der Waals surface area contributed by atoms with Crippen molar-refractivity contribution >= 4 is 11.8 Å². The molecule has 2 aliphatic heterocycles. The van der Waals surface area contributed by atoms with Crippen molar-refractivity contribution in [3.05, 3.63) is 12.7 Å². The number of piperazine rings is 1. The Hall–Kier alpha value is -1.40. The summed E-state index contributed by atoms with van der Waals surface area (Å²) >= 11 is 0. The first-order chi connectivity index (χ1) is 11.1. The Labute approximate surface area is 139 Å². The summed E-state index contributed by atoms with van der Waals surface area (Å²) < 4.78 is 0. The molecule has 2 rings (SSSR count). The summed E-state index contributed by atoms with van der Waals surface area (Å²) in [5.74, 6) is 0.297. The van der Waals surface area contributed by atoms with Crippen LogP contribution in [0.4, 0.5) is 0 Å². The topological polar surface area (TPSA) is 55.9 Å². The molecule has 0 saturated carbocycles. The van der Waals surface area contributed by atoms with Gasteiger partial charge in [0.2, 0.25) is 11.8 Å². The second-order valence-corrected chi connectivity index (χ2v) is 6.58. The number of carbonyl (C=O) groups excluding carboxylic acids is 2. The van der Waals surface area contributed by atoms with E-state index in [-0.39, 0.29) is 11.8 Å². The Balaban J connectivity index is 1.69. The predicted octanol–water partition coefficient (Wildman–Crippen LogP) is 0.307. The fourth-order valence-electron chi connectivity index (χ4n) is 3.30. The molecule has 1 atom stereocenters. The van der Waals surface area contributed by atoms with Crippen LogP contribution in [0.25, 0.3) is 0 Å². The Kier molecular flexibility index (Phi) is 7.05. The van der Waals surface area contributed by atoms with Crippen LogP contribution in [0.3, 0.4) is 0 Å². The van der Waals surface area contributed by atoms with Crippen molar-refractivity contribution in [1.82, 2.24) is 20.0 Å². The van der Waals surface area contributed by atoms with Crippen molar-refractivity contribution in [3.8, 4) is 0 Å². The quantitative estimate of drug-likeness (QED) is 0.715. The molecule has 0 bridgehead atoms. The number of likely N-dealkylation sites (tertiary alicyclic amines) is 1. The van der Waals surface area contributed by atoms with E-state index in [1.54, 1.807) is 6.08 Å². The Morgan fingerprint density at radius 1 is 1.09 bits per heavy atom. The summed E-state index contributed by atoms with van der Waals surface area (Å²) in [6.07, 6.45) is 5.17. The number of hydrogen-bond acceptors (Lipinski definition) is 4. The highest BCUT2D eigenvalue weighted by molar-refractivity contribution is 5.79. The molecule has 0 radical (unpaired) electrons. The maximum atomic E-state index is 12.5. The van der Waals surface area contributed by atoms with E-state index in [9.17, 15) is 9.59 Å². The van der Waals surface area contributed by atoms with Crippen LogP contribution in [0, 0.1) is 0 Å². The van der Waals surface area contributed by atoms with E-state index in [0.29, 0.717) is 25.7 Å². The van der Waals surface area contributed by atoms with Crippen molar-refractivity contribution < 1.29 is 9.59 Å². The van der Waals surface area contributed by atoms with Gasteiger partial charge in [-0.2, -0.15) is 0 Å². The molecule has 6 nitrogen and oxygen atoms in total. The van der Waals surface area contributed by atoms with E-state index in [4.69, 9.17) is 0 Å². The first-order valence-electron chi connectivity index (χ1n) is 8.72. The van der Waals surface area contributed by atoms with E-state index in [1.165, 1.54) is 6.42 Å². The van der Waals surface area contributed by atoms with Crippen LogP contribution in [0.5, 0.6) is 0 Å². The number of amides is 2. The van der Waals surface area contributed by atoms with E-state index in [0.717, 1.165) is 45.6 Å². The number of nitrogens with zero attached hydrogens (tertiary/aromatic N) is 3. The van der Waals surface area contributed by atoms with Gasteiger partial charge in [-0.15, -0.1) is 6.58 Å². The third-order valence-corrected chi connectivity index (χ3v) is 4.76. The fraction of sp³-hybridized carbons (Fsp3) is 0.765. The summed E-state index contributed by atoms with van der Waals surface area (Å²) in [6, 6.07) is 0.381. The van der Waals surface area contributed by atoms with Crippen LogP contribution in [0.15, 0.2) is 12.7 Å². The number of piperidine rings is 1. The first kappa shape index (κ1) is 17.9. The fourth-order valence-corrected chi connectivity index (χ4v) is 3.30. The van der Waals surface area contributed by atoms with Gasteiger partial charge in [0.25, 0.3) is 0 Å². The average Bonchev–Trinajstić information content (AvgIpc) is 2.55. The van der Waals surface area contributed by atoms with Gasteiger partial charge in [-0.1, -0.05) is 6.08 Å². The molecule has 2 heterocycles. The summed E-state index contributed by atoms with van der Waals surface area (Å²) in [6.45, 7) is 11.5. The Morgan fingerprint density at radius 2 is 1.74 bits per heavy atom. The van der Waals surface area contributed by atoms with Crippen molar-refractivity contribution in [3.63, 3.8) is 0 Å². The second kappa shape index (κ2) is 9.03. The van der Waals surface area contributed by atoms with Crippen molar-refractivity contribution in [2.45, 2.75) is 32.2 Å². The maximum absolute atomic E-state index is 12.5. The van der Waals surface area contributed by atoms with Crippen LogP contribution in [0.2, 0.25) is 0 Å². The number of hydrogen-bond donors (Lipinski definition) is 1. The lowest BCUT2D eigenvalue weighted by Gasteiger charge is -2.37. The zero-order valence-corrected chi connectivity index (χ0v) is 14.3. The largest absolute Gasteiger partial charge is 0.352 e. The highest BCUT2D eigenvalue weighted by atomic mass is 16.2. The molecular formula is C17H30N4O2. The molecule has 0 spiro atoms. The van der Waals surface area contributed by atoms with Crippen LogP contribution >= 0.6 is 0 Å². The molecule has 6 heteroatoms. The summed E-state index contributed by atoms with van der Waals surface area (Å²) in [5, 5.41) is 2.80. The molecule has 0 aromatic heterocycles. The molecule has 2 saturated heterocycles. The van der Waals surface area contributed by atoms with E-state index < -0.39 is 0 Å². The standard InChI is InChI=1S/C17H30N4O2/c1-3-7-18-16(22)13-19-9-11-20(12-10-19)14-17(23)21-8-5-4-6-15(21)2/h3,15H,1,4-14H2,2H3,(H,18,22). The molecule has 0 aromatic carbocycles. The highest BCUT2D eigenvalue weighted by Gasteiger charge is 2.26. The first-order valence-corrected chi connectivity index (χ1v) is 8.72. The van der Waals surface area contributed by atoms with Crippen LogP contribution in [-0.4, -0.2) is 84.9 Å². The zero-order chi connectivity index (χ0) is 16.7. The van der Waals surface area contributed by atoms with Crippen LogP contribution < -0.4 is 5.32 Å². The number of carbonyl (C=O) groups is 2. The van der Waals surface area contributed by atoms with Crippen LogP contribution in [0.1, 0.15) is 26.2 Å². The van der Waals surface area contributed by atoms with E-state index in [2.05, 4.69) is 28.6 Å². The molecule has 1 unspecified atom stereocenters. The monoisotopic (exact) mass is 322 g/mol. The van der Waals surface area contributed by atoms with Gasteiger partial charge in [0, 0.05) is 45.3 Å². The average molecular weight is 322 g/mol. The van der Waals surface area contributed by atoms with Gasteiger partial charge >= 0.3 is 0 Å². The smallest absolute Gasteiger partial charge is 0.236 e. The van der Waals surface area contributed by atoms with Gasteiger partial charge in [0.1, 0.15) is 0 Å². The van der Waals surface area contributed by atoms with Crippen molar-refractivity contribution in [1.29, 1.82) is 0 Å². The molecule has 1 N–H and O–H groups in total. The summed E-state index contributed by atoms with van der Waals surface area (Å²) in [4.78, 5) is 30.5. The van der Waals surface area contributed by atoms with Gasteiger partial charge in [-0.05, 0) is 26.2 Å². The van der Waals surface area contributed by atoms with Gasteiger partial charge in [0.15, 0.2) is 0 Å². The zero-order valence-electron chi connectivity index (χ0n) is 14.3. The molecule has 2 aliphatic rings. The van der Waals surface area contributed by atoms with Crippen molar-refractivity contribution in [2.24, 2.45) is 0 Å². The minimum Gasteiger partial charge on any atom is -0.352 e. The molecule has 23 heavy (non-hydrogen) atoms. The molecule has 130 valence electrons. The van der Waals surface area contributed by atoms with E-state index >= 15 is 0 Å². The molecular weight excluding hydrogens is 292 g/mol. The molecule has 0 aliphatic carbocycles. The predicted molar refractivity (Wildman–Crippen MR) is 91.1 cm³/mol. The lowest BCUT2D eigenvalue weighted by Crippen LogP contribution is -2.53. The summed E-state index contributed by atoms with van der Waals surface area (Å²) in [7, 11) is 0. The number of nitrogens with one attached hydrogen (secondary N) is 1. The van der Waals surface area contributed by atoms with Crippen LogP contribution in [-0.2, 0) is 9.59 Å². The van der Waals surface area contributed by atoms with Gasteiger partial charge < -0.3 is 10.2 Å². The minimum absolute atomic E-state index is 0.0385.